The molecule has 0 aromatic rings. The van der Waals surface area contributed by atoms with Crippen molar-refractivity contribution in [1.29, 1.82) is 5.26 Å². The van der Waals surface area contributed by atoms with E-state index in [0.717, 1.165) is 25.8 Å². The van der Waals surface area contributed by atoms with E-state index in [0.29, 0.717) is 12.5 Å². The van der Waals surface area contributed by atoms with Crippen molar-refractivity contribution in [1.82, 2.24) is 5.32 Å². The maximum atomic E-state index is 8.96. The van der Waals surface area contributed by atoms with Gasteiger partial charge in [0.25, 0.3) is 0 Å². The average molecular weight is 212 g/mol. The van der Waals surface area contributed by atoms with Gasteiger partial charge in [0.2, 0.25) is 0 Å². The third-order valence-electron chi connectivity index (χ3n) is 2.57. The first-order chi connectivity index (χ1) is 7.02. The van der Waals surface area contributed by atoms with Crippen molar-refractivity contribution in [2.45, 2.75) is 52.5 Å². The molecule has 0 aliphatic rings. The molecule has 3 nitrogen and oxygen atoms in total. The van der Waals surface area contributed by atoms with E-state index in [9.17, 15) is 0 Å². The van der Waals surface area contributed by atoms with Gasteiger partial charge < -0.3 is 10.4 Å². The summed E-state index contributed by atoms with van der Waals surface area (Å²) in [6.45, 7) is 7.69. The lowest BCUT2D eigenvalue weighted by molar-refractivity contribution is 0.197. The van der Waals surface area contributed by atoms with Gasteiger partial charge in [-0.3, -0.25) is 0 Å². The Morgan fingerprint density at radius 2 is 2.00 bits per heavy atom. The normalized spacial score (nSPS) is 13.5. The number of aliphatic hydroxyl groups excluding tert-OH is 1. The smallest absolute Gasteiger partial charge is 0.0621 e. The van der Waals surface area contributed by atoms with Gasteiger partial charge >= 0.3 is 0 Å². The highest BCUT2D eigenvalue weighted by Gasteiger charge is 2.22. The fourth-order valence-electron chi connectivity index (χ4n) is 1.58. The van der Waals surface area contributed by atoms with Crippen LogP contribution in [-0.2, 0) is 0 Å². The molecule has 0 aromatic carbocycles. The van der Waals surface area contributed by atoms with E-state index < -0.39 is 0 Å². The van der Waals surface area contributed by atoms with Gasteiger partial charge in [-0.15, -0.1) is 0 Å². The minimum atomic E-state index is 0.179. The lowest BCUT2D eigenvalue weighted by Gasteiger charge is -2.31. The van der Waals surface area contributed by atoms with Gasteiger partial charge in [0.1, 0.15) is 0 Å². The number of aliphatic hydroxyl groups is 1. The lowest BCUT2D eigenvalue weighted by atomic mass is 9.85. The highest BCUT2D eigenvalue weighted by atomic mass is 16.3. The van der Waals surface area contributed by atoms with Crippen LogP contribution in [0.25, 0.3) is 0 Å². The molecule has 0 bridgehead atoms. The van der Waals surface area contributed by atoms with Gasteiger partial charge in [0.05, 0.1) is 6.07 Å². The van der Waals surface area contributed by atoms with Crippen LogP contribution in [0.15, 0.2) is 0 Å². The lowest BCUT2D eigenvalue weighted by Crippen LogP contribution is -2.41. The quantitative estimate of drug-likeness (QED) is 0.635. The van der Waals surface area contributed by atoms with E-state index in [1.54, 1.807) is 0 Å². The molecule has 0 fully saturated rings. The Morgan fingerprint density at radius 3 is 2.47 bits per heavy atom. The summed E-state index contributed by atoms with van der Waals surface area (Å²) in [6.07, 6.45) is 3.43. The second-order valence-corrected chi connectivity index (χ2v) is 5.00. The first-order valence-corrected chi connectivity index (χ1v) is 5.73. The summed E-state index contributed by atoms with van der Waals surface area (Å²) in [5.74, 6) is 0. The maximum Gasteiger partial charge on any atom is 0.0621 e. The molecule has 0 saturated heterocycles. The van der Waals surface area contributed by atoms with Gasteiger partial charge in [0, 0.05) is 19.1 Å². The zero-order valence-corrected chi connectivity index (χ0v) is 10.2. The molecule has 0 spiro atoms. The molecule has 1 unspecified atom stereocenters. The second-order valence-electron chi connectivity index (χ2n) is 5.00. The van der Waals surface area contributed by atoms with Crippen molar-refractivity contribution in [3.05, 3.63) is 0 Å². The summed E-state index contributed by atoms with van der Waals surface area (Å²) in [4.78, 5) is 0. The summed E-state index contributed by atoms with van der Waals surface area (Å²) < 4.78 is 0. The predicted octanol–water partition coefficient (Wildman–Crippen LogP) is 2.07. The van der Waals surface area contributed by atoms with E-state index in [1.165, 1.54) is 0 Å². The zero-order valence-electron chi connectivity index (χ0n) is 10.2. The molecule has 0 saturated carbocycles. The van der Waals surface area contributed by atoms with Gasteiger partial charge in [-0.05, 0) is 31.2 Å². The first kappa shape index (κ1) is 14.4. The Morgan fingerprint density at radius 1 is 1.33 bits per heavy atom. The molecule has 0 aromatic heterocycles. The Hall–Kier alpha value is -0.590. The van der Waals surface area contributed by atoms with Gasteiger partial charge in [-0.2, -0.15) is 5.26 Å². The van der Waals surface area contributed by atoms with Crippen molar-refractivity contribution in [3.63, 3.8) is 0 Å². The van der Waals surface area contributed by atoms with Crippen LogP contribution < -0.4 is 5.32 Å². The van der Waals surface area contributed by atoms with Crippen molar-refractivity contribution in [2.24, 2.45) is 5.41 Å². The number of hydrogen-bond donors (Lipinski definition) is 2. The molecule has 0 aliphatic carbocycles. The van der Waals surface area contributed by atoms with Crippen LogP contribution in [0.5, 0.6) is 0 Å². The van der Waals surface area contributed by atoms with Crippen molar-refractivity contribution >= 4 is 0 Å². The number of nitrogens with one attached hydrogen (secondary N) is 1. The summed E-state index contributed by atoms with van der Waals surface area (Å²) in [7, 11) is 0. The van der Waals surface area contributed by atoms with Crippen molar-refractivity contribution in [2.75, 3.05) is 13.2 Å². The SMILES string of the molecule is CC(C)(C)C(CCO)NCCCCC#N. The number of hydrogen-bond acceptors (Lipinski definition) is 3. The Kier molecular flexibility index (Phi) is 7.37. The molecule has 0 heterocycles. The van der Waals surface area contributed by atoms with Gasteiger partial charge in [-0.1, -0.05) is 20.8 Å². The molecule has 0 radical (unpaired) electrons. The van der Waals surface area contributed by atoms with Crippen molar-refractivity contribution in [3.8, 4) is 6.07 Å². The van der Waals surface area contributed by atoms with Crippen LogP contribution in [0.2, 0.25) is 0 Å². The largest absolute Gasteiger partial charge is 0.396 e. The second kappa shape index (κ2) is 7.67. The predicted molar refractivity (Wildman–Crippen MR) is 62.4 cm³/mol. The minimum Gasteiger partial charge on any atom is -0.396 e. The average Bonchev–Trinajstić information content (AvgIpc) is 2.14. The van der Waals surface area contributed by atoms with E-state index in [2.05, 4.69) is 32.2 Å². The van der Waals surface area contributed by atoms with Crippen molar-refractivity contribution < 1.29 is 5.11 Å². The van der Waals surface area contributed by atoms with Crippen LogP contribution in [0, 0.1) is 16.7 Å². The summed E-state index contributed by atoms with van der Waals surface area (Å²) >= 11 is 0. The Labute approximate surface area is 93.5 Å². The van der Waals surface area contributed by atoms with Crippen LogP contribution in [0.4, 0.5) is 0 Å². The maximum absolute atomic E-state index is 8.96. The third-order valence-corrected chi connectivity index (χ3v) is 2.57. The summed E-state index contributed by atoms with van der Waals surface area (Å²) in [5, 5.41) is 20.8. The number of nitriles is 1. The van der Waals surface area contributed by atoms with E-state index in [4.69, 9.17) is 10.4 Å². The first-order valence-electron chi connectivity index (χ1n) is 5.73. The molecule has 15 heavy (non-hydrogen) atoms. The third kappa shape index (κ3) is 7.35. The molecule has 0 rings (SSSR count). The monoisotopic (exact) mass is 212 g/mol. The van der Waals surface area contributed by atoms with Crippen LogP contribution in [0.3, 0.4) is 0 Å². The van der Waals surface area contributed by atoms with Crippen LogP contribution in [0.1, 0.15) is 46.5 Å². The van der Waals surface area contributed by atoms with Gasteiger partial charge in [0.15, 0.2) is 0 Å². The zero-order chi connectivity index (χ0) is 11.7. The standard InChI is InChI=1S/C12H24N2O/c1-12(2,3)11(7-10-15)14-9-6-4-5-8-13/h11,14-15H,4-7,9-10H2,1-3H3. The molecule has 0 aliphatic heterocycles. The molecular weight excluding hydrogens is 188 g/mol. The highest BCUT2D eigenvalue weighted by molar-refractivity contribution is 4.80. The van der Waals surface area contributed by atoms with E-state index >= 15 is 0 Å². The number of nitrogens with zero attached hydrogens (tertiary/aromatic N) is 1. The fourth-order valence-corrected chi connectivity index (χ4v) is 1.58. The molecule has 3 heteroatoms. The molecule has 0 amide bonds. The topological polar surface area (TPSA) is 56.0 Å². The van der Waals surface area contributed by atoms with Crippen LogP contribution in [-0.4, -0.2) is 24.3 Å². The van der Waals surface area contributed by atoms with Gasteiger partial charge in [-0.25, -0.2) is 0 Å². The Balaban J connectivity index is 3.73. The number of unbranched alkanes of at least 4 members (excludes halogenated alkanes) is 2. The fraction of sp³-hybridized carbons (Fsp3) is 0.917. The molecule has 88 valence electrons. The highest BCUT2D eigenvalue weighted by Crippen LogP contribution is 2.21. The Bertz CT molecular complexity index is 191. The summed E-state index contributed by atoms with van der Waals surface area (Å²) in [5.41, 5.74) is 0.179. The summed E-state index contributed by atoms with van der Waals surface area (Å²) in [6, 6.07) is 2.49. The molecular formula is C12H24N2O. The molecule has 2 N–H and O–H groups in total. The number of rotatable bonds is 7. The van der Waals surface area contributed by atoms with E-state index in [1.807, 2.05) is 0 Å². The minimum absolute atomic E-state index is 0.179. The van der Waals surface area contributed by atoms with E-state index in [-0.39, 0.29) is 12.0 Å². The van der Waals surface area contributed by atoms with Crippen LogP contribution >= 0.6 is 0 Å². The molecule has 1 atom stereocenters.